The van der Waals surface area contributed by atoms with Gasteiger partial charge in [0.25, 0.3) is 0 Å². The molecule has 4 rings (SSSR count). The van der Waals surface area contributed by atoms with Crippen LogP contribution in [-0.2, 0) is 28.6 Å². The van der Waals surface area contributed by atoms with Crippen molar-refractivity contribution in [2.75, 3.05) is 0 Å². The summed E-state index contributed by atoms with van der Waals surface area (Å²) >= 11 is 0. The third-order valence-corrected chi connectivity index (χ3v) is 11.4. The maximum atomic E-state index is 12.4. The summed E-state index contributed by atoms with van der Waals surface area (Å²) in [5, 5.41) is 21.9. The maximum absolute atomic E-state index is 12.4. The monoisotopic (exact) mass is 550 g/mol. The molecule has 0 aromatic carbocycles. The number of aliphatic hydroxyl groups is 2. The fraction of sp³-hybridized carbons (Fsp3) is 0.903. The molecule has 12 atom stereocenters. The zero-order chi connectivity index (χ0) is 28.9. The summed E-state index contributed by atoms with van der Waals surface area (Å²) in [5.74, 6) is -0.221. The normalized spacial score (nSPS) is 44.0. The molecule has 0 unspecified atom stereocenters. The first-order valence-corrected chi connectivity index (χ1v) is 15.1. The van der Waals surface area contributed by atoms with E-state index in [4.69, 9.17) is 14.2 Å². The molecule has 0 radical (unpaired) electrons. The van der Waals surface area contributed by atoms with Gasteiger partial charge in [0.2, 0.25) is 0 Å². The zero-order valence-corrected chi connectivity index (χ0v) is 24.9. The molecular weight excluding hydrogens is 500 g/mol. The van der Waals surface area contributed by atoms with Gasteiger partial charge in [-0.05, 0) is 93.8 Å². The van der Waals surface area contributed by atoms with Crippen molar-refractivity contribution in [3.63, 3.8) is 0 Å². The third kappa shape index (κ3) is 5.49. The molecule has 0 heterocycles. The highest BCUT2D eigenvalue weighted by molar-refractivity contribution is 5.69. The predicted octanol–water partition coefficient (Wildman–Crippen LogP) is 4.43. The number of carbonyl (C=O) groups excluding carboxylic acids is 3. The standard InChI is InChI=1S/C31H50O8/c1-16(2)37-28(36)11-8-17(3)22-9-10-23-29-24(15-27(31(22,23)7)39-19(5)33)30(6)20(12-21(34)14-26(30)35)13-25(29)38-18(4)32/h16-17,20-27,29,34-35H,8-15H2,1-7H3/t17-,20+,21+,22-,23+,24+,25-,26-,27+,29+,30+,31-/m1/s1. The average Bonchev–Trinajstić information content (AvgIpc) is 3.17. The van der Waals surface area contributed by atoms with Crippen molar-refractivity contribution in [1.29, 1.82) is 0 Å². The van der Waals surface area contributed by atoms with E-state index in [9.17, 15) is 24.6 Å². The molecule has 0 amide bonds. The second-order valence-electron chi connectivity index (χ2n) is 13.8. The number of esters is 3. The van der Waals surface area contributed by atoms with Crippen molar-refractivity contribution >= 4 is 17.9 Å². The number of ether oxygens (including phenoxy) is 3. The maximum Gasteiger partial charge on any atom is 0.306 e. The summed E-state index contributed by atoms with van der Waals surface area (Å²) in [6.07, 6.45) is 2.98. The number of carbonyl (C=O) groups is 3. The molecular formula is C31H50O8. The van der Waals surface area contributed by atoms with E-state index in [1.807, 2.05) is 13.8 Å². The third-order valence-electron chi connectivity index (χ3n) is 11.4. The Labute approximate surface area is 233 Å². The van der Waals surface area contributed by atoms with Crippen LogP contribution in [0.3, 0.4) is 0 Å². The SMILES string of the molecule is CC(=O)O[C@H]1C[C@H]2[C@@H]([C@H](OC(C)=O)C[C@@H]3C[C@H](O)C[C@@H](O)[C@@]32C)[C@@H]2CC[C@H]([C@H](C)CCC(=O)OC(C)C)[C@@]12C. The smallest absolute Gasteiger partial charge is 0.306 e. The van der Waals surface area contributed by atoms with Crippen LogP contribution >= 0.6 is 0 Å². The summed E-state index contributed by atoms with van der Waals surface area (Å²) in [6.45, 7) is 13.2. The van der Waals surface area contributed by atoms with Crippen LogP contribution in [0.15, 0.2) is 0 Å². The Balaban J connectivity index is 1.69. The molecule has 4 saturated carbocycles. The lowest BCUT2D eigenvalue weighted by molar-refractivity contribution is -0.243. The van der Waals surface area contributed by atoms with Gasteiger partial charge in [0.05, 0.1) is 18.3 Å². The van der Waals surface area contributed by atoms with Gasteiger partial charge in [-0.15, -0.1) is 0 Å². The Morgan fingerprint density at radius 2 is 1.54 bits per heavy atom. The topological polar surface area (TPSA) is 119 Å². The van der Waals surface area contributed by atoms with Crippen molar-refractivity contribution < 1.29 is 38.8 Å². The molecule has 0 aromatic rings. The van der Waals surface area contributed by atoms with E-state index in [0.29, 0.717) is 38.5 Å². The van der Waals surface area contributed by atoms with E-state index >= 15 is 0 Å². The minimum atomic E-state index is -0.678. The second-order valence-corrected chi connectivity index (χ2v) is 13.8. The molecule has 0 aromatic heterocycles. The molecule has 0 bridgehead atoms. The van der Waals surface area contributed by atoms with Crippen molar-refractivity contribution in [1.82, 2.24) is 0 Å². The summed E-state index contributed by atoms with van der Waals surface area (Å²) in [6, 6.07) is 0. The van der Waals surface area contributed by atoms with E-state index in [2.05, 4.69) is 20.8 Å². The molecule has 0 spiro atoms. The van der Waals surface area contributed by atoms with E-state index in [0.717, 1.165) is 12.8 Å². The fourth-order valence-electron chi connectivity index (χ4n) is 9.73. The Hall–Kier alpha value is -1.67. The lowest BCUT2D eigenvalue weighted by atomic mass is 9.42. The first kappa shape index (κ1) is 30.3. The lowest BCUT2D eigenvalue weighted by Gasteiger charge is -2.65. The lowest BCUT2D eigenvalue weighted by Crippen LogP contribution is -2.66. The van der Waals surface area contributed by atoms with Crippen LogP contribution in [0.25, 0.3) is 0 Å². The van der Waals surface area contributed by atoms with Crippen LogP contribution in [0.1, 0.15) is 99.8 Å². The summed E-state index contributed by atoms with van der Waals surface area (Å²) in [4.78, 5) is 37.1. The molecule has 4 fully saturated rings. The van der Waals surface area contributed by atoms with Gasteiger partial charge in [0, 0.05) is 31.6 Å². The first-order chi connectivity index (χ1) is 18.2. The Kier molecular flexibility index (Phi) is 8.78. The fourth-order valence-corrected chi connectivity index (χ4v) is 9.73. The first-order valence-electron chi connectivity index (χ1n) is 15.1. The van der Waals surface area contributed by atoms with Gasteiger partial charge in [-0.25, -0.2) is 0 Å². The van der Waals surface area contributed by atoms with Gasteiger partial charge in [0.15, 0.2) is 0 Å². The van der Waals surface area contributed by atoms with Gasteiger partial charge in [-0.1, -0.05) is 20.8 Å². The van der Waals surface area contributed by atoms with Gasteiger partial charge in [-0.2, -0.15) is 0 Å². The molecule has 4 aliphatic carbocycles. The number of rotatable bonds is 7. The van der Waals surface area contributed by atoms with Gasteiger partial charge in [0.1, 0.15) is 12.2 Å². The van der Waals surface area contributed by atoms with Crippen LogP contribution in [0.4, 0.5) is 0 Å². The predicted molar refractivity (Wildman–Crippen MR) is 144 cm³/mol. The van der Waals surface area contributed by atoms with Gasteiger partial charge >= 0.3 is 17.9 Å². The van der Waals surface area contributed by atoms with Gasteiger partial charge < -0.3 is 24.4 Å². The number of hydrogen-bond acceptors (Lipinski definition) is 8. The highest BCUT2D eigenvalue weighted by Crippen LogP contribution is 2.69. The Morgan fingerprint density at radius 1 is 0.872 bits per heavy atom. The number of aliphatic hydroxyl groups excluding tert-OH is 2. The molecule has 39 heavy (non-hydrogen) atoms. The van der Waals surface area contributed by atoms with Crippen molar-refractivity contribution in [2.45, 2.75) is 130 Å². The van der Waals surface area contributed by atoms with Crippen LogP contribution in [-0.4, -0.2) is 58.6 Å². The molecule has 0 aliphatic heterocycles. The van der Waals surface area contributed by atoms with E-state index in [1.165, 1.54) is 13.8 Å². The zero-order valence-electron chi connectivity index (χ0n) is 24.9. The number of hydrogen-bond donors (Lipinski definition) is 2. The van der Waals surface area contributed by atoms with E-state index < -0.39 is 17.6 Å². The summed E-state index contributed by atoms with van der Waals surface area (Å²) in [5.41, 5.74) is -0.820. The molecule has 4 aliphatic rings. The van der Waals surface area contributed by atoms with Crippen molar-refractivity contribution in [3.8, 4) is 0 Å². The molecule has 2 N–H and O–H groups in total. The van der Waals surface area contributed by atoms with Crippen LogP contribution in [0, 0.1) is 46.3 Å². The van der Waals surface area contributed by atoms with Crippen LogP contribution < -0.4 is 0 Å². The Morgan fingerprint density at radius 3 is 2.15 bits per heavy atom. The van der Waals surface area contributed by atoms with Crippen molar-refractivity contribution in [2.24, 2.45) is 46.3 Å². The van der Waals surface area contributed by atoms with E-state index in [-0.39, 0.29) is 77.1 Å². The molecule has 8 heteroatoms. The quantitative estimate of drug-likeness (QED) is 0.353. The largest absolute Gasteiger partial charge is 0.463 e. The van der Waals surface area contributed by atoms with Crippen molar-refractivity contribution in [3.05, 3.63) is 0 Å². The van der Waals surface area contributed by atoms with Crippen LogP contribution in [0.5, 0.6) is 0 Å². The minimum Gasteiger partial charge on any atom is -0.463 e. The van der Waals surface area contributed by atoms with E-state index in [1.54, 1.807) is 0 Å². The summed E-state index contributed by atoms with van der Waals surface area (Å²) in [7, 11) is 0. The molecule has 8 nitrogen and oxygen atoms in total. The number of fused-ring (bicyclic) bond motifs is 5. The Bertz CT molecular complexity index is 934. The summed E-state index contributed by atoms with van der Waals surface area (Å²) < 4.78 is 17.6. The highest BCUT2D eigenvalue weighted by Gasteiger charge is 2.69. The van der Waals surface area contributed by atoms with Gasteiger partial charge in [-0.3, -0.25) is 14.4 Å². The average molecular weight is 551 g/mol. The molecule has 222 valence electrons. The second kappa shape index (κ2) is 11.3. The minimum absolute atomic E-state index is 0.00674. The van der Waals surface area contributed by atoms with Crippen LogP contribution in [0.2, 0.25) is 0 Å². The molecule has 0 saturated heterocycles. The highest BCUT2D eigenvalue weighted by atomic mass is 16.6.